The highest BCUT2D eigenvalue weighted by Crippen LogP contribution is 2.52. The van der Waals surface area contributed by atoms with E-state index in [0.717, 1.165) is 39.1 Å². The maximum atomic E-state index is 5.59. The molecule has 0 radical (unpaired) electrons. The van der Waals surface area contributed by atoms with E-state index in [9.17, 15) is 0 Å². The highest BCUT2D eigenvalue weighted by Gasteiger charge is 2.37. The van der Waals surface area contributed by atoms with Gasteiger partial charge < -0.3 is 0 Å². The Morgan fingerprint density at radius 1 is 0.429 bits per heavy atom. The van der Waals surface area contributed by atoms with Crippen LogP contribution in [-0.2, 0) is 5.41 Å². The second-order valence-corrected chi connectivity index (χ2v) is 17.5. The van der Waals surface area contributed by atoms with E-state index in [4.69, 9.17) is 9.97 Å². The van der Waals surface area contributed by atoms with Gasteiger partial charge in [0.1, 0.15) is 5.82 Å². The zero-order chi connectivity index (χ0) is 42.8. The summed E-state index contributed by atoms with van der Waals surface area (Å²) in [4.78, 5) is 10.9. The molecule has 0 saturated heterocycles. The normalized spacial score (nSPS) is 12.7. The molecule has 2 aromatic heterocycles. The van der Waals surface area contributed by atoms with Crippen molar-refractivity contribution in [1.82, 2.24) is 14.5 Å². The first kappa shape index (κ1) is 38.3. The molecule has 0 aliphatic heterocycles. The van der Waals surface area contributed by atoms with E-state index in [0.29, 0.717) is 0 Å². The third-order valence-electron chi connectivity index (χ3n) is 13.2. The van der Waals surface area contributed by atoms with Crippen LogP contribution in [0.3, 0.4) is 0 Å². The van der Waals surface area contributed by atoms with Gasteiger partial charge >= 0.3 is 0 Å². The second-order valence-electron chi connectivity index (χ2n) is 17.5. The Bertz CT molecular complexity index is 3570. The van der Waals surface area contributed by atoms with Gasteiger partial charge in [0.2, 0.25) is 0 Å². The minimum atomic E-state index is -0.120. The molecule has 0 N–H and O–H groups in total. The molecule has 0 unspecified atom stereocenters. The van der Waals surface area contributed by atoms with E-state index in [-0.39, 0.29) is 5.41 Å². The number of aromatic nitrogens is 3. The van der Waals surface area contributed by atoms with Crippen LogP contribution in [0.5, 0.6) is 0 Å². The van der Waals surface area contributed by atoms with Crippen LogP contribution in [0.2, 0.25) is 0 Å². The molecule has 302 valence electrons. The first-order chi connectivity index (χ1) is 30.8. The Labute approximate surface area is 369 Å². The van der Waals surface area contributed by atoms with E-state index in [1.807, 2.05) is 18.2 Å². The average molecular weight is 810 g/mol. The fraction of sp³-hybridized carbons (Fsp3) is 0.100. The summed E-state index contributed by atoms with van der Waals surface area (Å²) >= 11 is 0. The molecule has 0 saturated carbocycles. The molecule has 0 atom stereocenters. The van der Waals surface area contributed by atoms with Gasteiger partial charge in [-0.25, -0.2) is 9.97 Å². The molecule has 0 fully saturated rings. The number of hydrogen-bond donors (Lipinski definition) is 0. The molecular weight excluding hydrogens is 763 g/mol. The molecule has 11 aromatic rings. The Kier molecular flexibility index (Phi) is 9.17. The number of fused-ring (bicyclic) bond motifs is 9. The van der Waals surface area contributed by atoms with Crippen LogP contribution in [-0.4, -0.2) is 14.5 Å². The van der Waals surface area contributed by atoms with Crippen molar-refractivity contribution in [1.29, 1.82) is 0 Å². The Morgan fingerprint density at radius 3 is 1.87 bits per heavy atom. The number of nitrogens with zero attached hydrogens (tertiary/aromatic N) is 3. The minimum Gasteiger partial charge on any atom is -0.293 e. The lowest BCUT2D eigenvalue weighted by Crippen LogP contribution is -2.14. The van der Waals surface area contributed by atoms with Gasteiger partial charge in [-0.15, -0.1) is 0 Å². The molecular formula is C60H47N3. The van der Waals surface area contributed by atoms with Gasteiger partial charge in [0.05, 0.1) is 16.6 Å². The summed E-state index contributed by atoms with van der Waals surface area (Å²) in [6.07, 6.45) is 0. The smallest absolute Gasteiger partial charge is 0.162 e. The average Bonchev–Trinajstić information content (AvgIpc) is 3.77. The summed E-state index contributed by atoms with van der Waals surface area (Å²) in [5.41, 5.74) is 18.1. The molecule has 9 aromatic carbocycles. The van der Waals surface area contributed by atoms with E-state index < -0.39 is 0 Å². The first-order valence-electron chi connectivity index (χ1n) is 21.9. The summed E-state index contributed by atoms with van der Waals surface area (Å²) < 4.78 is 2.38. The van der Waals surface area contributed by atoms with E-state index >= 15 is 0 Å². The maximum Gasteiger partial charge on any atom is 0.162 e. The van der Waals surface area contributed by atoms with Crippen LogP contribution < -0.4 is 0 Å². The predicted octanol–water partition coefficient (Wildman–Crippen LogP) is 15.8. The van der Waals surface area contributed by atoms with Crippen LogP contribution in [0.1, 0.15) is 41.7 Å². The zero-order valence-electron chi connectivity index (χ0n) is 36.3. The monoisotopic (exact) mass is 809 g/mol. The lowest BCUT2D eigenvalue weighted by Gasteiger charge is -2.21. The Hall–Kier alpha value is -7.62. The van der Waals surface area contributed by atoms with Crippen LogP contribution in [0.4, 0.5) is 0 Å². The van der Waals surface area contributed by atoms with Gasteiger partial charge in [0.15, 0.2) is 5.82 Å². The van der Waals surface area contributed by atoms with Gasteiger partial charge in [-0.05, 0) is 124 Å². The molecule has 1 aliphatic rings. The number of hydrogen-bond acceptors (Lipinski definition) is 2. The third kappa shape index (κ3) is 6.34. The quantitative estimate of drug-likeness (QED) is 0.177. The van der Waals surface area contributed by atoms with Gasteiger partial charge in [0, 0.05) is 27.1 Å². The summed E-state index contributed by atoms with van der Waals surface area (Å²) in [5, 5.41) is 5.89. The lowest BCUT2D eigenvalue weighted by molar-refractivity contribution is 0.660. The van der Waals surface area contributed by atoms with Crippen molar-refractivity contribution in [2.24, 2.45) is 0 Å². The zero-order valence-corrected chi connectivity index (χ0v) is 36.3. The van der Waals surface area contributed by atoms with E-state index in [2.05, 4.69) is 215 Å². The van der Waals surface area contributed by atoms with Crippen molar-refractivity contribution in [3.05, 3.63) is 222 Å². The van der Waals surface area contributed by atoms with Crippen molar-refractivity contribution in [3.63, 3.8) is 0 Å². The maximum absolute atomic E-state index is 5.59. The third-order valence-corrected chi connectivity index (χ3v) is 13.2. The molecule has 1 aliphatic carbocycles. The first-order valence-corrected chi connectivity index (χ1v) is 21.9. The van der Waals surface area contributed by atoms with E-state index in [1.165, 1.54) is 82.7 Å². The Morgan fingerprint density at radius 2 is 1.06 bits per heavy atom. The second kappa shape index (κ2) is 15.1. The number of aryl methyl sites for hydroxylation is 3. The molecule has 2 heterocycles. The molecule has 0 amide bonds. The van der Waals surface area contributed by atoms with Gasteiger partial charge in [-0.1, -0.05) is 177 Å². The molecule has 3 heteroatoms. The van der Waals surface area contributed by atoms with Crippen LogP contribution in [0.15, 0.2) is 194 Å². The number of benzene rings is 9. The van der Waals surface area contributed by atoms with E-state index in [1.54, 1.807) is 0 Å². The van der Waals surface area contributed by atoms with Gasteiger partial charge in [-0.2, -0.15) is 0 Å². The van der Waals surface area contributed by atoms with Gasteiger partial charge in [-0.3, -0.25) is 4.57 Å². The highest BCUT2D eigenvalue weighted by atomic mass is 15.1. The summed E-state index contributed by atoms with van der Waals surface area (Å²) in [6.45, 7) is 11.1. The Balaban J connectivity index is 0.000000581. The fourth-order valence-electron chi connectivity index (χ4n) is 9.99. The highest BCUT2D eigenvalue weighted by molar-refractivity contribution is 6.22. The standard InChI is InChI=1S/C53H39N3.C7H8/c1-32-14-5-7-16-37(32)42-30-35(25-24-33(42)2)36-27-28-47-43(31-36)50-38-17-8-6-15-34(38)26-29-48(50)56(47)52-40-19-10-12-23-46(40)54-51(55-52)41-20-13-22-45-49(41)39-18-9-11-21-44(39)53(45,3)4;1-7-5-3-2-4-6-7/h5-31H,1-4H3;2-6H,1H3. The van der Waals surface area contributed by atoms with Crippen molar-refractivity contribution in [3.8, 4) is 50.6 Å². The molecule has 0 bridgehead atoms. The topological polar surface area (TPSA) is 30.7 Å². The van der Waals surface area contributed by atoms with Crippen LogP contribution >= 0.6 is 0 Å². The fourth-order valence-corrected chi connectivity index (χ4v) is 9.99. The van der Waals surface area contributed by atoms with Crippen molar-refractivity contribution >= 4 is 43.5 Å². The summed E-state index contributed by atoms with van der Waals surface area (Å²) in [7, 11) is 0. The molecule has 0 spiro atoms. The van der Waals surface area contributed by atoms with Crippen molar-refractivity contribution in [2.45, 2.75) is 40.0 Å². The SMILES string of the molecule is Cc1ccccc1.Cc1ccccc1-c1cc(-c2ccc3c(c2)c2c4ccccc4ccc2n3-c2nc(-c3cccc4c3-c3ccccc3C4(C)C)nc3ccccc23)ccc1C. The van der Waals surface area contributed by atoms with Crippen LogP contribution in [0.25, 0.3) is 94.1 Å². The number of para-hydroxylation sites is 1. The molecule has 63 heavy (non-hydrogen) atoms. The summed E-state index contributed by atoms with van der Waals surface area (Å²) in [5.74, 6) is 1.62. The van der Waals surface area contributed by atoms with Crippen molar-refractivity contribution in [2.75, 3.05) is 0 Å². The van der Waals surface area contributed by atoms with Crippen LogP contribution in [0, 0.1) is 20.8 Å². The molecule has 3 nitrogen and oxygen atoms in total. The predicted molar refractivity (Wildman–Crippen MR) is 266 cm³/mol. The minimum absolute atomic E-state index is 0.120. The van der Waals surface area contributed by atoms with Gasteiger partial charge in [0.25, 0.3) is 0 Å². The largest absolute Gasteiger partial charge is 0.293 e. The lowest BCUT2D eigenvalue weighted by atomic mass is 9.82. The number of rotatable bonds is 4. The summed E-state index contributed by atoms with van der Waals surface area (Å²) in [6, 6.07) is 69.9. The van der Waals surface area contributed by atoms with Crippen molar-refractivity contribution < 1.29 is 0 Å². The molecule has 12 rings (SSSR count).